The van der Waals surface area contributed by atoms with Crippen molar-refractivity contribution in [1.29, 1.82) is 0 Å². The minimum atomic E-state index is -3.75. The number of hydrogen-bond acceptors (Lipinski definition) is 8. The molecule has 0 fully saturated rings. The fourth-order valence-electron chi connectivity index (χ4n) is 3.57. The fourth-order valence-corrected chi connectivity index (χ4v) is 5.25. The third-order valence-electron chi connectivity index (χ3n) is 5.14. The van der Waals surface area contributed by atoms with Gasteiger partial charge in [-0.2, -0.15) is 5.10 Å². The second-order valence-electron chi connectivity index (χ2n) is 7.25. The number of fused-ring (bicyclic) bond motifs is 1. The van der Waals surface area contributed by atoms with E-state index in [9.17, 15) is 13.2 Å². The summed E-state index contributed by atoms with van der Waals surface area (Å²) in [6, 6.07) is 7.70. The van der Waals surface area contributed by atoms with Gasteiger partial charge in [-0.1, -0.05) is 18.2 Å². The molecule has 2 N–H and O–H groups in total. The van der Waals surface area contributed by atoms with Crippen LogP contribution in [0, 0.1) is 6.92 Å². The van der Waals surface area contributed by atoms with Crippen LogP contribution in [0.3, 0.4) is 0 Å². The van der Waals surface area contributed by atoms with Gasteiger partial charge in [0.25, 0.3) is 5.56 Å². The van der Waals surface area contributed by atoms with E-state index < -0.39 is 10.0 Å². The number of thiophene rings is 1. The zero-order valence-corrected chi connectivity index (χ0v) is 19.2. The zero-order valence-electron chi connectivity index (χ0n) is 17.6. The third kappa shape index (κ3) is 4.45. The van der Waals surface area contributed by atoms with Crippen molar-refractivity contribution in [3.63, 3.8) is 0 Å². The van der Waals surface area contributed by atoms with Crippen LogP contribution < -0.4 is 15.4 Å². The Labute approximate surface area is 188 Å². The Kier molecular flexibility index (Phi) is 6.13. The number of hydrogen-bond donors (Lipinski definition) is 1. The molecule has 4 aromatic rings. The first kappa shape index (κ1) is 22.2. The number of aryl methyl sites for hydroxylation is 4. The van der Waals surface area contributed by atoms with E-state index in [-0.39, 0.29) is 17.9 Å². The van der Waals surface area contributed by atoms with Gasteiger partial charge in [-0.05, 0) is 37.0 Å². The van der Waals surface area contributed by atoms with Crippen LogP contribution in [-0.2, 0) is 29.4 Å². The summed E-state index contributed by atoms with van der Waals surface area (Å²) in [4.78, 5) is 18.1. The number of sulfonamides is 1. The number of ether oxygens (including phenoxy) is 1. The number of benzene rings is 1. The summed E-state index contributed by atoms with van der Waals surface area (Å²) < 4.78 is 35.8. The maximum absolute atomic E-state index is 13.2. The van der Waals surface area contributed by atoms with Crippen LogP contribution in [0.2, 0.25) is 0 Å². The van der Waals surface area contributed by atoms with Crippen molar-refractivity contribution in [2.45, 2.75) is 26.3 Å². The highest BCUT2D eigenvalue weighted by molar-refractivity contribution is 7.89. The molecule has 3 aromatic heterocycles. The number of para-hydroxylation sites is 1. The van der Waals surface area contributed by atoms with E-state index in [2.05, 4.69) is 10.1 Å². The summed E-state index contributed by atoms with van der Waals surface area (Å²) in [7, 11) is -2.13. The second kappa shape index (κ2) is 8.85. The number of primary sulfonamides is 1. The molecule has 0 spiro atoms. The monoisotopic (exact) mass is 474 g/mol. The summed E-state index contributed by atoms with van der Waals surface area (Å²) in [5.74, 6) is 0.816. The van der Waals surface area contributed by atoms with Crippen LogP contribution in [0.5, 0.6) is 5.75 Å². The Bertz CT molecular complexity index is 1420. The molecule has 0 aliphatic heterocycles. The predicted octanol–water partition coefficient (Wildman–Crippen LogP) is 2.50. The summed E-state index contributed by atoms with van der Waals surface area (Å²) in [6.45, 7) is 1.70. The highest BCUT2D eigenvalue weighted by Crippen LogP contribution is 2.37. The SMILES string of the molecule is COc1ccccc1CCc1nn(CCS(N)(=O)=O)c(=O)c2c(C)c(-c3ncco3)sc12. The first-order valence-corrected chi connectivity index (χ1v) is 12.4. The van der Waals surface area contributed by atoms with E-state index in [4.69, 9.17) is 14.3 Å². The van der Waals surface area contributed by atoms with Crippen LogP contribution in [0.25, 0.3) is 20.9 Å². The fraction of sp³-hybridized carbons (Fsp3) is 0.286. The van der Waals surface area contributed by atoms with Crippen molar-refractivity contribution in [2.24, 2.45) is 5.14 Å². The molecule has 0 saturated heterocycles. The normalized spacial score (nSPS) is 11.8. The van der Waals surface area contributed by atoms with Crippen LogP contribution in [0.4, 0.5) is 0 Å². The highest BCUT2D eigenvalue weighted by Gasteiger charge is 2.22. The van der Waals surface area contributed by atoms with E-state index in [1.54, 1.807) is 13.3 Å². The molecule has 0 aliphatic rings. The quantitative estimate of drug-likeness (QED) is 0.415. The number of nitrogens with zero attached hydrogens (tertiary/aromatic N) is 3. The molecule has 0 bridgehead atoms. The van der Waals surface area contributed by atoms with Gasteiger partial charge in [-0.3, -0.25) is 4.79 Å². The molecule has 9 nitrogen and oxygen atoms in total. The molecular weight excluding hydrogens is 452 g/mol. The average Bonchev–Trinajstić information content (AvgIpc) is 3.40. The minimum absolute atomic E-state index is 0.126. The molecule has 168 valence electrons. The van der Waals surface area contributed by atoms with Gasteiger partial charge in [0, 0.05) is 0 Å². The molecule has 32 heavy (non-hydrogen) atoms. The Morgan fingerprint density at radius 2 is 2.03 bits per heavy atom. The highest BCUT2D eigenvalue weighted by atomic mass is 32.2. The van der Waals surface area contributed by atoms with Crippen molar-refractivity contribution in [2.75, 3.05) is 12.9 Å². The Morgan fingerprint density at radius 3 is 2.72 bits per heavy atom. The topological polar surface area (TPSA) is 130 Å². The van der Waals surface area contributed by atoms with Gasteiger partial charge in [0.2, 0.25) is 15.9 Å². The minimum Gasteiger partial charge on any atom is -0.496 e. The summed E-state index contributed by atoms with van der Waals surface area (Å²) in [5, 5.41) is 10.1. The summed E-state index contributed by atoms with van der Waals surface area (Å²) in [6.07, 6.45) is 4.18. The maximum atomic E-state index is 13.2. The standard InChI is InChI=1S/C21H22N4O5S2/c1-13-17-19(31-18(13)20-23-9-11-30-20)15(8-7-14-5-3-4-6-16(14)29-2)24-25(21(17)26)10-12-32(22,27)28/h3-6,9,11H,7-8,10,12H2,1-2H3,(H2,22,27,28). The molecular formula is C21H22N4O5S2. The van der Waals surface area contributed by atoms with Gasteiger partial charge in [0.05, 0.1) is 46.3 Å². The van der Waals surface area contributed by atoms with Gasteiger partial charge in [0.15, 0.2) is 0 Å². The Morgan fingerprint density at radius 1 is 1.25 bits per heavy atom. The van der Waals surface area contributed by atoms with Crippen LogP contribution in [-0.4, -0.2) is 36.0 Å². The van der Waals surface area contributed by atoms with Crippen molar-refractivity contribution >= 4 is 31.4 Å². The first-order chi connectivity index (χ1) is 15.3. The Balaban J connectivity index is 1.82. The lowest BCUT2D eigenvalue weighted by Crippen LogP contribution is -2.29. The van der Waals surface area contributed by atoms with Gasteiger partial charge in [-0.15, -0.1) is 11.3 Å². The summed E-state index contributed by atoms with van der Waals surface area (Å²) in [5.41, 5.74) is 2.05. The van der Waals surface area contributed by atoms with Crippen LogP contribution >= 0.6 is 11.3 Å². The van der Waals surface area contributed by atoms with Gasteiger partial charge >= 0.3 is 0 Å². The van der Waals surface area contributed by atoms with E-state index >= 15 is 0 Å². The molecule has 1 aromatic carbocycles. The van der Waals surface area contributed by atoms with Gasteiger partial charge in [0.1, 0.15) is 12.0 Å². The van der Waals surface area contributed by atoms with Crippen molar-refractivity contribution in [1.82, 2.24) is 14.8 Å². The molecule has 4 rings (SSSR count). The molecule has 0 saturated carbocycles. The average molecular weight is 475 g/mol. The number of nitrogens with two attached hydrogens (primary N) is 1. The van der Waals surface area contributed by atoms with Crippen LogP contribution in [0.1, 0.15) is 16.8 Å². The van der Waals surface area contributed by atoms with Gasteiger partial charge in [-0.25, -0.2) is 23.2 Å². The van der Waals surface area contributed by atoms with Gasteiger partial charge < -0.3 is 9.15 Å². The number of aromatic nitrogens is 3. The molecule has 0 radical (unpaired) electrons. The number of rotatable bonds is 8. The summed E-state index contributed by atoms with van der Waals surface area (Å²) >= 11 is 1.39. The lowest BCUT2D eigenvalue weighted by atomic mass is 10.1. The number of methoxy groups -OCH3 is 1. The van der Waals surface area contributed by atoms with Crippen molar-refractivity contribution in [3.05, 3.63) is 63.9 Å². The van der Waals surface area contributed by atoms with E-state index in [0.29, 0.717) is 29.8 Å². The molecule has 0 unspecified atom stereocenters. The predicted molar refractivity (Wildman–Crippen MR) is 122 cm³/mol. The number of oxazole rings is 1. The first-order valence-electron chi connectivity index (χ1n) is 9.84. The molecule has 0 atom stereocenters. The lowest BCUT2D eigenvalue weighted by Gasteiger charge is -2.11. The largest absolute Gasteiger partial charge is 0.496 e. The second-order valence-corrected chi connectivity index (χ2v) is 10.0. The Hall–Kier alpha value is -3.02. The van der Waals surface area contributed by atoms with Crippen molar-refractivity contribution < 1.29 is 17.6 Å². The van der Waals surface area contributed by atoms with E-state index in [0.717, 1.165) is 26.5 Å². The maximum Gasteiger partial charge on any atom is 0.275 e. The van der Waals surface area contributed by atoms with Crippen LogP contribution in [0.15, 0.2) is 45.9 Å². The molecule has 0 aliphatic carbocycles. The zero-order chi connectivity index (χ0) is 22.9. The lowest BCUT2D eigenvalue weighted by molar-refractivity contribution is 0.409. The smallest absolute Gasteiger partial charge is 0.275 e. The molecule has 11 heteroatoms. The third-order valence-corrected chi connectivity index (χ3v) is 7.22. The van der Waals surface area contributed by atoms with Crippen molar-refractivity contribution in [3.8, 4) is 16.5 Å². The van der Waals surface area contributed by atoms with E-state index in [1.165, 1.54) is 22.3 Å². The molecule has 0 amide bonds. The molecule has 3 heterocycles. The van der Waals surface area contributed by atoms with E-state index in [1.807, 2.05) is 31.2 Å².